The van der Waals surface area contributed by atoms with Gasteiger partial charge in [-0.1, -0.05) is 6.92 Å². The molecule has 2 heterocycles. The maximum Gasteiger partial charge on any atom is 0.0797 e. The standard InChI is InChI=1S/C10H16N2S/c1-8-9(13-7-12-8)3-4-10(2)5-11-6-10/h7,11H,3-6H2,1-2H3. The molecule has 0 aliphatic carbocycles. The Morgan fingerprint density at radius 2 is 2.38 bits per heavy atom. The van der Waals surface area contributed by atoms with Gasteiger partial charge in [0.15, 0.2) is 0 Å². The monoisotopic (exact) mass is 196 g/mol. The molecule has 13 heavy (non-hydrogen) atoms. The third-order valence-corrected chi connectivity index (χ3v) is 3.90. The summed E-state index contributed by atoms with van der Waals surface area (Å²) in [7, 11) is 0. The Balaban J connectivity index is 1.89. The van der Waals surface area contributed by atoms with Crippen molar-refractivity contribution in [2.75, 3.05) is 13.1 Å². The van der Waals surface area contributed by atoms with Gasteiger partial charge in [0, 0.05) is 18.0 Å². The van der Waals surface area contributed by atoms with Gasteiger partial charge in [-0.3, -0.25) is 0 Å². The van der Waals surface area contributed by atoms with Crippen LogP contribution in [0.1, 0.15) is 23.9 Å². The summed E-state index contributed by atoms with van der Waals surface area (Å²) in [4.78, 5) is 5.73. The van der Waals surface area contributed by atoms with Crippen LogP contribution in [0.2, 0.25) is 0 Å². The van der Waals surface area contributed by atoms with Gasteiger partial charge < -0.3 is 5.32 Å². The molecule has 0 radical (unpaired) electrons. The Bertz CT molecular complexity index is 289. The van der Waals surface area contributed by atoms with E-state index in [2.05, 4.69) is 24.1 Å². The molecule has 0 aromatic carbocycles. The molecule has 1 fully saturated rings. The highest BCUT2D eigenvalue weighted by molar-refractivity contribution is 7.09. The van der Waals surface area contributed by atoms with Crippen LogP contribution in [0.25, 0.3) is 0 Å². The van der Waals surface area contributed by atoms with Crippen molar-refractivity contribution in [1.82, 2.24) is 10.3 Å². The zero-order chi connectivity index (χ0) is 9.31. The van der Waals surface area contributed by atoms with Gasteiger partial charge in [0.05, 0.1) is 11.2 Å². The lowest BCUT2D eigenvalue weighted by molar-refractivity contribution is 0.180. The number of hydrogen-bond acceptors (Lipinski definition) is 3. The second-order valence-corrected chi connectivity index (χ2v) is 5.21. The average molecular weight is 196 g/mol. The minimum absolute atomic E-state index is 0.552. The van der Waals surface area contributed by atoms with Crippen molar-refractivity contribution in [3.63, 3.8) is 0 Å². The van der Waals surface area contributed by atoms with Gasteiger partial charge in [-0.05, 0) is 25.2 Å². The van der Waals surface area contributed by atoms with Crippen molar-refractivity contribution in [2.24, 2.45) is 5.41 Å². The number of aromatic nitrogens is 1. The van der Waals surface area contributed by atoms with Gasteiger partial charge in [-0.15, -0.1) is 11.3 Å². The predicted molar refractivity (Wildman–Crippen MR) is 56.1 cm³/mol. The molecule has 1 N–H and O–H groups in total. The fourth-order valence-electron chi connectivity index (χ4n) is 1.71. The summed E-state index contributed by atoms with van der Waals surface area (Å²) in [6, 6.07) is 0. The van der Waals surface area contributed by atoms with Gasteiger partial charge in [0.2, 0.25) is 0 Å². The Labute approximate surface area is 83.4 Å². The lowest BCUT2D eigenvalue weighted by atomic mass is 9.79. The number of nitrogens with zero attached hydrogens (tertiary/aromatic N) is 1. The van der Waals surface area contributed by atoms with Gasteiger partial charge >= 0.3 is 0 Å². The molecule has 1 aliphatic rings. The number of nitrogens with one attached hydrogen (secondary N) is 1. The van der Waals surface area contributed by atoms with E-state index in [0.29, 0.717) is 5.41 Å². The van der Waals surface area contributed by atoms with E-state index in [0.717, 1.165) is 0 Å². The van der Waals surface area contributed by atoms with E-state index in [1.54, 1.807) is 11.3 Å². The van der Waals surface area contributed by atoms with Crippen LogP contribution in [-0.2, 0) is 6.42 Å². The van der Waals surface area contributed by atoms with E-state index in [9.17, 15) is 0 Å². The Morgan fingerprint density at radius 3 is 2.85 bits per heavy atom. The number of thiazole rings is 1. The van der Waals surface area contributed by atoms with Crippen molar-refractivity contribution in [3.05, 3.63) is 16.1 Å². The molecule has 1 saturated heterocycles. The summed E-state index contributed by atoms with van der Waals surface area (Å²) in [5.41, 5.74) is 3.73. The maximum atomic E-state index is 4.26. The SMILES string of the molecule is Cc1ncsc1CCC1(C)CNC1. The van der Waals surface area contributed by atoms with Gasteiger partial charge in [0.25, 0.3) is 0 Å². The van der Waals surface area contributed by atoms with Crippen LogP contribution >= 0.6 is 11.3 Å². The molecule has 2 nitrogen and oxygen atoms in total. The third kappa shape index (κ3) is 1.92. The fraction of sp³-hybridized carbons (Fsp3) is 0.700. The van der Waals surface area contributed by atoms with E-state index >= 15 is 0 Å². The van der Waals surface area contributed by atoms with Gasteiger partial charge in [0.1, 0.15) is 0 Å². The molecule has 0 unspecified atom stereocenters. The minimum atomic E-state index is 0.552. The Hall–Kier alpha value is -0.410. The molecule has 0 amide bonds. The van der Waals surface area contributed by atoms with Crippen LogP contribution in [0.4, 0.5) is 0 Å². The van der Waals surface area contributed by atoms with Crippen molar-refractivity contribution in [1.29, 1.82) is 0 Å². The van der Waals surface area contributed by atoms with E-state index in [1.165, 1.54) is 36.5 Å². The predicted octanol–water partition coefficient (Wildman–Crippen LogP) is 1.99. The summed E-state index contributed by atoms with van der Waals surface area (Å²) in [6.07, 6.45) is 2.50. The van der Waals surface area contributed by atoms with Gasteiger partial charge in [-0.2, -0.15) is 0 Å². The van der Waals surface area contributed by atoms with E-state index < -0.39 is 0 Å². The minimum Gasteiger partial charge on any atom is -0.316 e. The lowest BCUT2D eigenvalue weighted by Crippen LogP contribution is -2.51. The molecule has 72 valence electrons. The topological polar surface area (TPSA) is 24.9 Å². The molecule has 0 atom stereocenters. The fourth-order valence-corrected chi connectivity index (χ4v) is 2.49. The van der Waals surface area contributed by atoms with Crippen molar-refractivity contribution < 1.29 is 0 Å². The second-order valence-electron chi connectivity index (χ2n) is 4.28. The van der Waals surface area contributed by atoms with Crippen LogP contribution in [0.5, 0.6) is 0 Å². The largest absolute Gasteiger partial charge is 0.316 e. The highest BCUT2D eigenvalue weighted by Crippen LogP contribution is 2.29. The van der Waals surface area contributed by atoms with Crippen LogP contribution in [0.15, 0.2) is 5.51 Å². The molecule has 3 heteroatoms. The first-order valence-corrected chi connectivity index (χ1v) is 5.67. The molecule has 0 bridgehead atoms. The van der Waals surface area contributed by atoms with Crippen molar-refractivity contribution in [2.45, 2.75) is 26.7 Å². The maximum absolute atomic E-state index is 4.26. The van der Waals surface area contributed by atoms with Crippen molar-refractivity contribution in [3.8, 4) is 0 Å². The number of hydrogen-bond donors (Lipinski definition) is 1. The first-order chi connectivity index (χ1) is 6.20. The van der Waals surface area contributed by atoms with Crippen LogP contribution in [0.3, 0.4) is 0 Å². The molecular weight excluding hydrogens is 180 g/mol. The molecule has 0 saturated carbocycles. The summed E-state index contributed by atoms with van der Waals surface area (Å²) < 4.78 is 0. The highest BCUT2D eigenvalue weighted by Gasteiger charge is 2.30. The van der Waals surface area contributed by atoms with Crippen LogP contribution in [-0.4, -0.2) is 18.1 Å². The summed E-state index contributed by atoms with van der Waals surface area (Å²) in [5, 5.41) is 3.33. The smallest absolute Gasteiger partial charge is 0.0797 e. The van der Waals surface area contributed by atoms with E-state index in [-0.39, 0.29) is 0 Å². The third-order valence-electron chi connectivity index (χ3n) is 2.90. The normalized spacial score (nSPS) is 19.8. The van der Waals surface area contributed by atoms with Crippen LogP contribution < -0.4 is 5.32 Å². The number of rotatable bonds is 3. The second kappa shape index (κ2) is 3.39. The van der Waals surface area contributed by atoms with E-state index in [4.69, 9.17) is 0 Å². The first kappa shape index (κ1) is 9.16. The molecule has 1 aromatic rings. The highest BCUT2D eigenvalue weighted by atomic mass is 32.1. The van der Waals surface area contributed by atoms with E-state index in [1.807, 2.05) is 5.51 Å². The Kier molecular flexibility index (Phi) is 2.39. The molecule has 1 aliphatic heterocycles. The zero-order valence-corrected chi connectivity index (χ0v) is 9.08. The lowest BCUT2D eigenvalue weighted by Gasteiger charge is -2.39. The summed E-state index contributed by atoms with van der Waals surface area (Å²) in [6.45, 7) is 6.84. The van der Waals surface area contributed by atoms with Crippen LogP contribution in [0, 0.1) is 12.3 Å². The molecule has 2 rings (SSSR count). The number of aryl methyl sites for hydroxylation is 2. The summed E-state index contributed by atoms with van der Waals surface area (Å²) >= 11 is 1.79. The average Bonchev–Trinajstić information content (AvgIpc) is 2.44. The quantitative estimate of drug-likeness (QED) is 0.799. The zero-order valence-electron chi connectivity index (χ0n) is 8.26. The molecule has 1 aromatic heterocycles. The summed E-state index contributed by atoms with van der Waals surface area (Å²) in [5.74, 6) is 0. The molecular formula is C10H16N2S. The van der Waals surface area contributed by atoms with Crippen molar-refractivity contribution >= 4 is 11.3 Å². The first-order valence-electron chi connectivity index (χ1n) is 4.79. The molecule has 0 spiro atoms. The van der Waals surface area contributed by atoms with Gasteiger partial charge in [-0.25, -0.2) is 4.98 Å². The Morgan fingerprint density at radius 1 is 1.62 bits per heavy atom.